The van der Waals surface area contributed by atoms with Gasteiger partial charge in [-0.3, -0.25) is 5.10 Å². The Hall–Kier alpha value is -2.50. The smallest absolute Gasteiger partial charge is 0.317 e. The number of ether oxygens (including phenoxy) is 1. The summed E-state index contributed by atoms with van der Waals surface area (Å²) in [5.74, 6) is 1.26. The first-order valence-electron chi connectivity index (χ1n) is 9.08. The summed E-state index contributed by atoms with van der Waals surface area (Å²) in [6.07, 6.45) is 7.85. The van der Waals surface area contributed by atoms with Gasteiger partial charge in [0.15, 0.2) is 0 Å². The molecule has 132 valence electrons. The second-order valence-electron chi connectivity index (χ2n) is 6.79. The summed E-state index contributed by atoms with van der Waals surface area (Å²) < 4.78 is 5.71. The summed E-state index contributed by atoms with van der Waals surface area (Å²) >= 11 is 0. The normalized spacial score (nSPS) is 22.8. The van der Waals surface area contributed by atoms with Crippen molar-refractivity contribution < 1.29 is 9.53 Å². The Kier molecular flexibility index (Phi) is 4.59. The lowest BCUT2D eigenvalue weighted by Crippen LogP contribution is -2.45. The zero-order valence-corrected chi connectivity index (χ0v) is 14.3. The molecule has 1 saturated heterocycles. The summed E-state index contributed by atoms with van der Waals surface area (Å²) in [7, 11) is 0. The van der Waals surface area contributed by atoms with Crippen LogP contribution in [0.15, 0.2) is 36.7 Å². The van der Waals surface area contributed by atoms with Gasteiger partial charge in [-0.1, -0.05) is 18.2 Å². The van der Waals surface area contributed by atoms with Crippen molar-refractivity contribution in [3.63, 3.8) is 0 Å². The SMILES string of the molecule is O=C(NC[C@@H]1CCOc2ccccc21)N1CCCC[C@@H]1c1cn[nH]c1. The minimum atomic E-state index is 0.0230. The number of nitrogens with zero attached hydrogens (tertiary/aromatic N) is 2. The van der Waals surface area contributed by atoms with Gasteiger partial charge in [0.05, 0.1) is 18.8 Å². The zero-order chi connectivity index (χ0) is 17.1. The Morgan fingerprint density at radius 2 is 2.24 bits per heavy atom. The van der Waals surface area contributed by atoms with Gasteiger partial charge in [-0.05, 0) is 37.3 Å². The number of carbonyl (C=O) groups is 1. The van der Waals surface area contributed by atoms with Gasteiger partial charge in [-0.2, -0.15) is 5.10 Å². The summed E-state index contributed by atoms with van der Waals surface area (Å²) in [4.78, 5) is 14.8. The van der Waals surface area contributed by atoms with E-state index in [9.17, 15) is 4.79 Å². The average molecular weight is 340 g/mol. The molecule has 0 aliphatic carbocycles. The number of benzene rings is 1. The van der Waals surface area contributed by atoms with Gasteiger partial charge >= 0.3 is 6.03 Å². The average Bonchev–Trinajstić information content (AvgIpc) is 3.21. The largest absolute Gasteiger partial charge is 0.493 e. The van der Waals surface area contributed by atoms with Crippen LogP contribution >= 0.6 is 0 Å². The minimum absolute atomic E-state index is 0.0230. The molecule has 0 radical (unpaired) electrons. The monoisotopic (exact) mass is 340 g/mol. The van der Waals surface area contributed by atoms with Crippen LogP contribution in [-0.4, -0.2) is 40.8 Å². The Labute approximate surface area is 147 Å². The number of aromatic amines is 1. The Balaban J connectivity index is 1.42. The van der Waals surface area contributed by atoms with E-state index in [0.29, 0.717) is 19.1 Å². The van der Waals surface area contributed by atoms with Crippen LogP contribution in [0.4, 0.5) is 4.79 Å². The number of amides is 2. The number of aromatic nitrogens is 2. The summed E-state index contributed by atoms with van der Waals surface area (Å²) in [6, 6.07) is 8.26. The summed E-state index contributed by atoms with van der Waals surface area (Å²) in [6.45, 7) is 2.15. The molecule has 2 N–H and O–H groups in total. The molecule has 0 bridgehead atoms. The van der Waals surface area contributed by atoms with Gasteiger partial charge in [0.25, 0.3) is 0 Å². The molecule has 2 aliphatic rings. The molecule has 1 aromatic heterocycles. The van der Waals surface area contributed by atoms with Gasteiger partial charge in [-0.25, -0.2) is 4.79 Å². The van der Waals surface area contributed by atoms with Gasteiger partial charge in [0, 0.05) is 30.8 Å². The first kappa shape index (κ1) is 16.0. The van der Waals surface area contributed by atoms with Crippen molar-refractivity contribution >= 4 is 6.03 Å². The van der Waals surface area contributed by atoms with Crippen molar-refractivity contribution in [1.29, 1.82) is 0 Å². The maximum atomic E-state index is 12.8. The number of hydrogen-bond acceptors (Lipinski definition) is 3. The van der Waals surface area contributed by atoms with E-state index >= 15 is 0 Å². The first-order valence-corrected chi connectivity index (χ1v) is 9.08. The fourth-order valence-electron chi connectivity index (χ4n) is 3.90. The van der Waals surface area contributed by atoms with Crippen molar-refractivity contribution in [3.05, 3.63) is 47.8 Å². The van der Waals surface area contributed by atoms with Crippen LogP contribution in [0.5, 0.6) is 5.75 Å². The second kappa shape index (κ2) is 7.17. The third-order valence-electron chi connectivity index (χ3n) is 5.25. The van der Waals surface area contributed by atoms with E-state index in [1.54, 1.807) is 0 Å². The molecule has 0 spiro atoms. The van der Waals surface area contributed by atoms with E-state index in [0.717, 1.165) is 43.5 Å². The highest BCUT2D eigenvalue weighted by Crippen LogP contribution is 2.33. The number of urea groups is 1. The van der Waals surface area contributed by atoms with Crippen LogP contribution in [0.25, 0.3) is 0 Å². The van der Waals surface area contributed by atoms with Gasteiger partial charge in [0.1, 0.15) is 5.75 Å². The standard InChI is InChI=1S/C19H24N4O2/c24-19(23-9-4-3-6-17(23)15-12-21-22-13-15)20-11-14-8-10-25-18-7-2-1-5-16(14)18/h1-2,5,7,12-14,17H,3-4,6,8-11H2,(H,20,24)(H,21,22)/t14-,17+/m0/s1. The van der Waals surface area contributed by atoms with Crippen molar-refractivity contribution in [3.8, 4) is 5.75 Å². The number of rotatable bonds is 3. The molecule has 0 saturated carbocycles. The van der Waals surface area contributed by atoms with Crippen LogP contribution in [-0.2, 0) is 0 Å². The van der Waals surface area contributed by atoms with E-state index in [-0.39, 0.29) is 12.1 Å². The van der Waals surface area contributed by atoms with Crippen molar-refractivity contribution in [2.45, 2.75) is 37.6 Å². The van der Waals surface area contributed by atoms with E-state index in [4.69, 9.17) is 4.74 Å². The molecule has 25 heavy (non-hydrogen) atoms. The maximum absolute atomic E-state index is 12.8. The molecule has 1 aromatic carbocycles. The fraction of sp³-hybridized carbons (Fsp3) is 0.474. The highest BCUT2D eigenvalue weighted by atomic mass is 16.5. The third-order valence-corrected chi connectivity index (χ3v) is 5.25. The number of nitrogens with one attached hydrogen (secondary N) is 2. The molecule has 1 fully saturated rings. The molecule has 4 rings (SSSR count). The second-order valence-corrected chi connectivity index (χ2v) is 6.79. The van der Waals surface area contributed by atoms with Crippen LogP contribution in [0.1, 0.15) is 48.8 Å². The van der Waals surface area contributed by atoms with E-state index < -0.39 is 0 Å². The predicted molar refractivity (Wildman–Crippen MR) is 94.6 cm³/mol. The lowest BCUT2D eigenvalue weighted by atomic mass is 9.93. The van der Waals surface area contributed by atoms with Gasteiger partial charge in [0.2, 0.25) is 0 Å². The third kappa shape index (κ3) is 3.34. The predicted octanol–water partition coefficient (Wildman–Crippen LogP) is 3.21. The van der Waals surface area contributed by atoms with Gasteiger partial charge in [-0.15, -0.1) is 0 Å². The van der Waals surface area contributed by atoms with Crippen molar-refractivity contribution in [2.24, 2.45) is 0 Å². The zero-order valence-electron chi connectivity index (χ0n) is 14.3. The molecule has 6 nitrogen and oxygen atoms in total. The molecular formula is C19H24N4O2. The highest BCUT2D eigenvalue weighted by molar-refractivity contribution is 5.75. The molecule has 2 amide bonds. The molecule has 0 unspecified atom stereocenters. The fourth-order valence-corrected chi connectivity index (χ4v) is 3.90. The van der Waals surface area contributed by atoms with Gasteiger partial charge < -0.3 is 15.0 Å². The molecule has 3 heterocycles. The maximum Gasteiger partial charge on any atom is 0.317 e. The molecule has 2 aromatic rings. The highest BCUT2D eigenvalue weighted by Gasteiger charge is 2.29. The Morgan fingerprint density at radius 3 is 3.12 bits per heavy atom. The van der Waals surface area contributed by atoms with Crippen LogP contribution in [0.3, 0.4) is 0 Å². The quantitative estimate of drug-likeness (QED) is 0.901. The van der Waals surface area contributed by atoms with Crippen molar-refractivity contribution in [1.82, 2.24) is 20.4 Å². The summed E-state index contributed by atoms with van der Waals surface area (Å²) in [5, 5.41) is 10.1. The summed E-state index contributed by atoms with van der Waals surface area (Å²) in [5.41, 5.74) is 2.28. The minimum Gasteiger partial charge on any atom is -0.493 e. The number of para-hydroxylation sites is 1. The first-order chi connectivity index (χ1) is 12.3. The molecule has 6 heteroatoms. The Bertz CT molecular complexity index is 716. The number of hydrogen-bond donors (Lipinski definition) is 2. The lowest BCUT2D eigenvalue weighted by molar-refractivity contribution is 0.150. The number of H-pyrrole nitrogens is 1. The number of piperidine rings is 1. The Morgan fingerprint density at radius 1 is 1.32 bits per heavy atom. The molecular weight excluding hydrogens is 316 g/mol. The number of likely N-dealkylation sites (tertiary alicyclic amines) is 1. The number of fused-ring (bicyclic) bond motifs is 1. The molecule has 2 aliphatic heterocycles. The lowest BCUT2D eigenvalue weighted by Gasteiger charge is -2.36. The van der Waals surface area contributed by atoms with E-state index in [1.165, 1.54) is 5.56 Å². The van der Waals surface area contributed by atoms with E-state index in [2.05, 4.69) is 21.6 Å². The van der Waals surface area contributed by atoms with Crippen LogP contribution in [0, 0.1) is 0 Å². The number of carbonyl (C=O) groups excluding carboxylic acids is 1. The van der Waals surface area contributed by atoms with Crippen LogP contribution < -0.4 is 10.1 Å². The topological polar surface area (TPSA) is 70.2 Å². The van der Waals surface area contributed by atoms with E-state index in [1.807, 2.05) is 35.5 Å². The van der Waals surface area contributed by atoms with Crippen LogP contribution in [0.2, 0.25) is 0 Å². The molecule has 2 atom stereocenters. The van der Waals surface area contributed by atoms with Crippen molar-refractivity contribution in [2.75, 3.05) is 19.7 Å².